The van der Waals surface area contributed by atoms with Crippen molar-refractivity contribution in [3.05, 3.63) is 88.2 Å². The first-order valence-corrected chi connectivity index (χ1v) is 11.9. The van der Waals surface area contributed by atoms with Gasteiger partial charge in [-0.05, 0) is 86.9 Å². The van der Waals surface area contributed by atoms with E-state index in [0.29, 0.717) is 6.54 Å². The van der Waals surface area contributed by atoms with Gasteiger partial charge < -0.3 is 10.0 Å². The Labute approximate surface area is 194 Å². The molecule has 0 saturated carbocycles. The van der Waals surface area contributed by atoms with Gasteiger partial charge in [0.2, 0.25) is 6.41 Å². The molecule has 0 fully saturated rings. The van der Waals surface area contributed by atoms with Crippen LogP contribution in [0, 0.1) is 0 Å². The highest BCUT2D eigenvalue weighted by atomic mass is 16.3. The van der Waals surface area contributed by atoms with Gasteiger partial charge in [0.25, 0.3) is 0 Å². The minimum atomic E-state index is 0.238. The fraction of sp³-hybridized carbons (Fsp3) is 0.414. The lowest BCUT2D eigenvalue weighted by atomic mass is 9.84. The molecule has 0 spiro atoms. The Kier molecular flexibility index (Phi) is 10.3. The van der Waals surface area contributed by atoms with E-state index in [1.54, 1.807) is 12.1 Å². The van der Waals surface area contributed by atoms with Crippen LogP contribution >= 0.6 is 0 Å². The van der Waals surface area contributed by atoms with Crippen molar-refractivity contribution in [3.63, 3.8) is 0 Å². The molecule has 0 bridgehead atoms. The number of phenolic OH excluding ortho intramolecular Hbond substituents is 1. The summed E-state index contributed by atoms with van der Waals surface area (Å²) < 4.78 is 0. The summed E-state index contributed by atoms with van der Waals surface area (Å²) in [5, 5.41) is 9.68. The maximum atomic E-state index is 11.9. The van der Waals surface area contributed by atoms with Crippen LogP contribution < -0.4 is 0 Å². The second kappa shape index (κ2) is 12.9. The van der Waals surface area contributed by atoms with Gasteiger partial charge in [-0.2, -0.15) is 0 Å². The summed E-state index contributed by atoms with van der Waals surface area (Å²) in [7, 11) is 0. The molecule has 1 amide bonds. The lowest BCUT2D eigenvalue weighted by Gasteiger charge is -2.33. The fourth-order valence-corrected chi connectivity index (χ4v) is 4.07. The SMILES string of the molecule is C\C=C/C(=C\C=C(C)CC)C(=C/C1=C(C)C(c2ccc(O)cc2)CCN1C=O)/CCCC. The Morgan fingerprint density at radius 1 is 1.19 bits per heavy atom. The van der Waals surface area contributed by atoms with E-state index in [1.165, 1.54) is 27.9 Å². The highest BCUT2D eigenvalue weighted by Gasteiger charge is 2.25. The second-order valence-corrected chi connectivity index (χ2v) is 8.56. The number of rotatable bonds is 10. The average molecular weight is 434 g/mol. The summed E-state index contributed by atoms with van der Waals surface area (Å²) >= 11 is 0. The van der Waals surface area contributed by atoms with Gasteiger partial charge in [0.05, 0.1) is 0 Å². The van der Waals surface area contributed by atoms with Gasteiger partial charge in [0.15, 0.2) is 0 Å². The van der Waals surface area contributed by atoms with Gasteiger partial charge in [-0.3, -0.25) is 4.79 Å². The van der Waals surface area contributed by atoms with Gasteiger partial charge >= 0.3 is 0 Å². The van der Waals surface area contributed by atoms with Crippen molar-refractivity contribution in [2.24, 2.45) is 0 Å². The Morgan fingerprint density at radius 3 is 2.50 bits per heavy atom. The lowest BCUT2D eigenvalue weighted by molar-refractivity contribution is -0.116. The molecule has 1 N–H and O–H groups in total. The van der Waals surface area contributed by atoms with Crippen molar-refractivity contribution >= 4 is 6.41 Å². The topological polar surface area (TPSA) is 40.5 Å². The second-order valence-electron chi connectivity index (χ2n) is 8.56. The number of hydrogen-bond acceptors (Lipinski definition) is 2. The molecule has 1 aliphatic heterocycles. The van der Waals surface area contributed by atoms with Crippen molar-refractivity contribution < 1.29 is 9.90 Å². The van der Waals surface area contributed by atoms with E-state index in [1.807, 2.05) is 24.0 Å². The number of carbonyl (C=O) groups is 1. The van der Waals surface area contributed by atoms with Gasteiger partial charge in [-0.25, -0.2) is 0 Å². The van der Waals surface area contributed by atoms with Gasteiger partial charge in [-0.1, -0.05) is 62.3 Å². The molecule has 0 aliphatic carbocycles. The molecule has 0 saturated heterocycles. The molecule has 3 heteroatoms. The van der Waals surface area contributed by atoms with Crippen LogP contribution in [0.25, 0.3) is 0 Å². The van der Waals surface area contributed by atoms with E-state index < -0.39 is 0 Å². The monoisotopic (exact) mass is 433 g/mol. The molecule has 2 rings (SSSR count). The van der Waals surface area contributed by atoms with Crippen LogP contribution in [-0.4, -0.2) is 23.0 Å². The molecular formula is C29H39NO2. The smallest absolute Gasteiger partial charge is 0.214 e. The molecule has 32 heavy (non-hydrogen) atoms. The Balaban J connectivity index is 2.59. The highest BCUT2D eigenvalue weighted by molar-refractivity contribution is 5.58. The summed E-state index contributed by atoms with van der Waals surface area (Å²) in [4.78, 5) is 13.8. The molecular weight excluding hydrogens is 394 g/mol. The molecule has 1 aromatic rings. The largest absolute Gasteiger partial charge is 0.508 e. The zero-order valence-electron chi connectivity index (χ0n) is 20.4. The number of amides is 1. The zero-order chi connectivity index (χ0) is 23.5. The quantitative estimate of drug-likeness (QED) is 0.305. The third-order valence-electron chi connectivity index (χ3n) is 6.25. The van der Waals surface area contributed by atoms with Crippen molar-refractivity contribution in [3.8, 4) is 5.75 Å². The first-order valence-electron chi connectivity index (χ1n) is 11.9. The lowest BCUT2D eigenvalue weighted by Crippen LogP contribution is -2.30. The maximum Gasteiger partial charge on any atom is 0.214 e. The fourth-order valence-electron chi connectivity index (χ4n) is 4.07. The molecule has 172 valence electrons. The van der Waals surface area contributed by atoms with Crippen molar-refractivity contribution in [1.82, 2.24) is 4.90 Å². The van der Waals surface area contributed by atoms with E-state index in [0.717, 1.165) is 44.2 Å². The van der Waals surface area contributed by atoms with Crippen molar-refractivity contribution in [1.29, 1.82) is 0 Å². The number of allylic oxidation sites excluding steroid dienone is 9. The predicted octanol–water partition coefficient (Wildman–Crippen LogP) is 7.59. The van der Waals surface area contributed by atoms with E-state index in [-0.39, 0.29) is 11.7 Å². The summed E-state index contributed by atoms with van der Waals surface area (Å²) in [6.07, 6.45) is 17.0. The van der Waals surface area contributed by atoms with E-state index in [2.05, 4.69) is 58.1 Å². The summed E-state index contributed by atoms with van der Waals surface area (Å²) in [5.41, 5.74) is 7.18. The molecule has 0 radical (unpaired) electrons. The highest BCUT2D eigenvalue weighted by Crippen LogP contribution is 2.37. The third kappa shape index (κ3) is 6.85. The summed E-state index contributed by atoms with van der Waals surface area (Å²) in [6.45, 7) is 11.4. The molecule has 1 aromatic carbocycles. The Bertz CT molecular complexity index is 913. The number of phenols is 1. The Morgan fingerprint density at radius 2 is 1.91 bits per heavy atom. The molecule has 1 heterocycles. The van der Waals surface area contributed by atoms with E-state index >= 15 is 0 Å². The normalized spacial score (nSPS) is 18.6. The molecule has 3 nitrogen and oxygen atoms in total. The van der Waals surface area contributed by atoms with Crippen LogP contribution in [0.4, 0.5) is 0 Å². The Hall–Kier alpha value is -2.81. The number of benzene rings is 1. The minimum Gasteiger partial charge on any atom is -0.508 e. The van der Waals surface area contributed by atoms with Crippen LogP contribution in [0.2, 0.25) is 0 Å². The van der Waals surface area contributed by atoms with E-state index in [4.69, 9.17) is 0 Å². The third-order valence-corrected chi connectivity index (χ3v) is 6.25. The van der Waals surface area contributed by atoms with Gasteiger partial charge in [-0.15, -0.1) is 0 Å². The first-order chi connectivity index (χ1) is 15.4. The summed E-state index contributed by atoms with van der Waals surface area (Å²) in [5.74, 6) is 0.515. The maximum absolute atomic E-state index is 11.9. The van der Waals surface area contributed by atoms with Crippen LogP contribution in [-0.2, 0) is 4.79 Å². The average Bonchev–Trinajstić information content (AvgIpc) is 2.80. The first kappa shape index (κ1) is 25.5. The molecule has 1 aliphatic rings. The number of hydrogen-bond donors (Lipinski definition) is 1. The zero-order valence-corrected chi connectivity index (χ0v) is 20.4. The van der Waals surface area contributed by atoms with Crippen molar-refractivity contribution in [2.75, 3.05) is 6.54 Å². The van der Waals surface area contributed by atoms with Gasteiger partial charge in [0.1, 0.15) is 5.75 Å². The number of nitrogens with zero attached hydrogens (tertiary/aromatic N) is 1. The van der Waals surface area contributed by atoms with Crippen LogP contribution in [0.5, 0.6) is 5.75 Å². The standard InChI is InChI=1S/C29H39NO2/c1-6-9-11-26(24(10-7-2)13-12-22(4)8-3)20-29-23(5)28(18-19-30(29)21-31)25-14-16-27(32)17-15-25/h7,10,12-17,20-21,28,32H,6,8-9,11,18-19H2,1-5H3/b10-7-,22-12?,24-13+,26-20+. The molecule has 1 atom stereocenters. The number of aromatic hydroxyl groups is 1. The predicted molar refractivity (Wildman–Crippen MR) is 135 cm³/mol. The van der Waals surface area contributed by atoms with Crippen LogP contribution in [0.1, 0.15) is 78.2 Å². The number of unbranched alkanes of at least 4 members (excludes halogenated alkanes) is 1. The van der Waals surface area contributed by atoms with Crippen molar-refractivity contribution in [2.45, 2.75) is 72.6 Å². The van der Waals surface area contributed by atoms with Gasteiger partial charge in [0, 0.05) is 18.2 Å². The minimum absolute atomic E-state index is 0.238. The molecule has 0 aromatic heterocycles. The van der Waals surface area contributed by atoms with E-state index in [9.17, 15) is 9.90 Å². The number of carbonyl (C=O) groups excluding carboxylic acids is 1. The molecule has 1 unspecified atom stereocenters. The van der Waals surface area contributed by atoms with Crippen LogP contribution in [0.3, 0.4) is 0 Å². The summed E-state index contributed by atoms with van der Waals surface area (Å²) in [6, 6.07) is 7.46. The van der Waals surface area contributed by atoms with Crippen LogP contribution in [0.15, 0.2) is 82.6 Å².